The van der Waals surface area contributed by atoms with Crippen LogP contribution in [0.2, 0.25) is 0 Å². The van der Waals surface area contributed by atoms with Crippen molar-refractivity contribution in [1.82, 2.24) is 0 Å². The number of unbranched alkanes of at least 4 members (excludes halogenated alkanes) is 1. The van der Waals surface area contributed by atoms with E-state index in [1.807, 2.05) is 11.8 Å². The van der Waals surface area contributed by atoms with Gasteiger partial charge in [0.25, 0.3) is 0 Å². The molecular weight excluding hydrogens is 274 g/mol. The highest BCUT2D eigenvalue weighted by Crippen LogP contribution is 2.37. The summed E-state index contributed by atoms with van der Waals surface area (Å²) in [5.41, 5.74) is 4.13. The maximum absolute atomic E-state index is 3.71. The molecular formula is C19H23NS. The Morgan fingerprint density at radius 1 is 1.10 bits per heavy atom. The Morgan fingerprint density at radius 3 is 2.71 bits per heavy atom. The summed E-state index contributed by atoms with van der Waals surface area (Å²) in [5.74, 6) is 1.20. The van der Waals surface area contributed by atoms with Gasteiger partial charge in [-0.15, -0.1) is 11.8 Å². The normalized spacial score (nSPS) is 17.3. The predicted molar refractivity (Wildman–Crippen MR) is 93.2 cm³/mol. The van der Waals surface area contributed by atoms with E-state index >= 15 is 0 Å². The van der Waals surface area contributed by atoms with Gasteiger partial charge in [0.15, 0.2) is 0 Å². The third-order valence-electron chi connectivity index (χ3n) is 4.07. The first-order valence-corrected chi connectivity index (χ1v) is 8.92. The molecule has 1 nitrogen and oxygen atoms in total. The molecule has 2 aromatic carbocycles. The van der Waals surface area contributed by atoms with Gasteiger partial charge < -0.3 is 5.32 Å². The summed E-state index contributed by atoms with van der Waals surface area (Å²) in [7, 11) is 0. The van der Waals surface area contributed by atoms with Gasteiger partial charge in [-0.3, -0.25) is 0 Å². The minimum absolute atomic E-state index is 0.448. The van der Waals surface area contributed by atoms with E-state index in [0.29, 0.717) is 6.04 Å². The number of nitrogens with one attached hydrogen (secondary N) is 1. The number of hydrogen-bond acceptors (Lipinski definition) is 2. The molecule has 1 N–H and O–H groups in total. The van der Waals surface area contributed by atoms with E-state index in [0.717, 1.165) is 0 Å². The van der Waals surface area contributed by atoms with Gasteiger partial charge in [0.2, 0.25) is 0 Å². The monoisotopic (exact) mass is 297 g/mol. The number of rotatable bonds is 5. The molecule has 0 spiro atoms. The van der Waals surface area contributed by atoms with Gasteiger partial charge in [0.05, 0.1) is 6.04 Å². The number of fused-ring (bicyclic) bond motifs is 1. The first-order valence-electron chi connectivity index (χ1n) is 7.94. The van der Waals surface area contributed by atoms with Crippen molar-refractivity contribution in [2.24, 2.45) is 0 Å². The Hall–Kier alpha value is -1.41. The average molecular weight is 297 g/mol. The van der Waals surface area contributed by atoms with Gasteiger partial charge in [0.1, 0.15) is 0 Å². The second-order valence-corrected chi connectivity index (χ2v) is 6.81. The van der Waals surface area contributed by atoms with Crippen LogP contribution in [0.15, 0.2) is 53.4 Å². The van der Waals surface area contributed by atoms with Crippen molar-refractivity contribution in [2.45, 2.75) is 43.5 Å². The van der Waals surface area contributed by atoms with Crippen LogP contribution >= 0.6 is 11.8 Å². The van der Waals surface area contributed by atoms with Crippen LogP contribution in [-0.2, 0) is 6.42 Å². The number of anilines is 1. The van der Waals surface area contributed by atoms with Crippen molar-refractivity contribution in [3.05, 3.63) is 59.7 Å². The SMILES string of the molecule is CCCCc1ccc(NC2CCSc3ccccc32)cc1. The minimum Gasteiger partial charge on any atom is -0.378 e. The van der Waals surface area contributed by atoms with Gasteiger partial charge in [-0.05, 0) is 48.6 Å². The summed E-state index contributed by atoms with van der Waals surface area (Å²) < 4.78 is 0. The number of benzene rings is 2. The fraction of sp³-hybridized carbons (Fsp3) is 0.368. The molecule has 0 saturated heterocycles. The summed E-state index contributed by atoms with van der Waals surface area (Å²) in [4.78, 5) is 1.43. The molecule has 0 fully saturated rings. The molecule has 2 aromatic rings. The zero-order chi connectivity index (χ0) is 14.5. The highest BCUT2D eigenvalue weighted by atomic mass is 32.2. The van der Waals surface area contributed by atoms with Gasteiger partial charge in [-0.1, -0.05) is 43.7 Å². The van der Waals surface area contributed by atoms with Crippen molar-refractivity contribution in [2.75, 3.05) is 11.1 Å². The predicted octanol–water partition coefficient (Wildman–Crippen LogP) is 5.68. The van der Waals surface area contributed by atoms with Crippen LogP contribution in [0.25, 0.3) is 0 Å². The lowest BCUT2D eigenvalue weighted by Gasteiger charge is -2.26. The van der Waals surface area contributed by atoms with Crippen LogP contribution in [0, 0.1) is 0 Å². The fourth-order valence-corrected chi connectivity index (χ4v) is 3.97. The molecule has 1 atom stereocenters. The van der Waals surface area contributed by atoms with Crippen molar-refractivity contribution < 1.29 is 0 Å². The highest BCUT2D eigenvalue weighted by molar-refractivity contribution is 7.99. The molecule has 1 heterocycles. The number of hydrogen-bond donors (Lipinski definition) is 1. The van der Waals surface area contributed by atoms with Gasteiger partial charge in [0, 0.05) is 16.3 Å². The standard InChI is InChI=1S/C19H23NS/c1-2-3-6-15-9-11-16(12-10-15)20-18-13-14-21-19-8-5-4-7-17(18)19/h4-5,7-12,18,20H,2-3,6,13-14H2,1H3. The Kier molecular flexibility index (Phi) is 4.87. The molecule has 0 radical (unpaired) electrons. The van der Waals surface area contributed by atoms with E-state index in [-0.39, 0.29) is 0 Å². The van der Waals surface area contributed by atoms with Crippen LogP contribution < -0.4 is 5.32 Å². The largest absolute Gasteiger partial charge is 0.378 e. The van der Waals surface area contributed by atoms with E-state index in [2.05, 4.69) is 60.8 Å². The van der Waals surface area contributed by atoms with Crippen molar-refractivity contribution >= 4 is 17.4 Å². The second-order valence-electron chi connectivity index (χ2n) is 5.67. The Balaban J connectivity index is 1.70. The Morgan fingerprint density at radius 2 is 1.90 bits per heavy atom. The maximum Gasteiger partial charge on any atom is 0.0532 e. The quantitative estimate of drug-likeness (QED) is 0.762. The molecule has 21 heavy (non-hydrogen) atoms. The van der Waals surface area contributed by atoms with E-state index in [1.165, 1.54) is 53.1 Å². The van der Waals surface area contributed by atoms with Gasteiger partial charge >= 0.3 is 0 Å². The number of thioether (sulfide) groups is 1. The molecule has 0 aromatic heterocycles. The smallest absolute Gasteiger partial charge is 0.0532 e. The lowest BCUT2D eigenvalue weighted by atomic mass is 10.0. The molecule has 0 saturated carbocycles. The number of aryl methyl sites for hydroxylation is 1. The van der Waals surface area contributed by atoms with E-state index in [4.69, 9.17) is 0 Å². The van der Waals surface area contributed by atoms with Gasteiger partial charge in [-0.25, -0.2) is 0 Å². The molecule has 1 aliphatic rings. The van der Waals surface area contributed by atoms with Crippen LogP contribution in [0.3, 0.4) is 0 Å². The second kappa shape index (κ2) is 7.04. The topological polar surface area (TPSA) is 12.0 Å². The van der Waals surface area contributed by atoms with Crippen LogP contribution in [-0.4, -0.2) is 5.75 Å². The zero-order valence-corrected chi connectivity index (χ0v) is 13.5. The van der Waals surface area contributed by atoms with E-state index in [9.17, 15) is 0 Å². The third kappa shape index (κ3) is 3.62. The molecule has 3 rings (SSSR count). The molecule has 0 bridgehead atoms. The molecule has 1 aliphatic heterocycles. The lowest BCUT2D eigenvalue weighted by Crippen LogP contribution is -2.15. The summed E-state index contributed by atoms with van der Waals surface area (Å²) in [6.45, 7) is 2.24. The third-order valence-corrected chi connectivity index (χ3v) is 5.19. The summed E-state index contributed by atoms with van der Waals surface area (Å²) in [6.07, 6.45) is 4.93. The lowest BCUT2D eigenvalue weighted by molar-refractivity contribution is 0.728. The molecule has 0 aliphatic carbocycles. The zero-order valence-electron chi connectivity index (χ0n) is 12.6. The highest BCUT2D eigenvalue weighted by Gasteiger charge is 2.19. The van der Waals surface area contributed by atoms with Crippen LogP contribution in [0.4, 0.5) is 5.69 Å². The first kappa shape index (κ1) is 14.5. The van der Waals surface area contributed by atoms with E-state index < -0.39 is 0 Å². The van der Waals surface area contributed by atoms with Crippen LogP contribution in [0.1, 0.15) is 43.4 Å². The fourth-order valence-electron chi connectivity index (χ4n) is 2.84. The summed E-state index contributed by atoms with van der Waals surface area (Å²) in [6, 6.07) is 18.2. The van der Waals surface area contributed by atoms with Crippen molar-refractivity contribution in [3.63, 3.8) is 0 Å². The summed E-state index contributed by atoms with van der Waals surface area (Å²) in [5, 5.41) is 3.71. The Labute approximate surface area is 132 Å². The molecule has 110 valence electrons. The average Bonchev–Trinajstić information content (AvgIpc) is 2.55. The Bertz CT molecular complexity index is 576. The molecule has 1 unspecified atom stereocenters. The van der Waals surface area contributed by atoms with Crippen molar-refractivity contribution in [1.29, 1.82) is 0 Å². The van der Waals surface area contributed by atoms with Crippen LogP contribution in [0.5, 0.6) is 0 Å². The van der Waals surface area contributed by atoms with Gasteiger partial charge in [-0.2, -0.15) is 0 Å². The molecule has 2 heteroatoms. The summed E-state index contributed by atoms with van der Waals surface area (Å²) >= 11 is 1.97. The van der Waals surface area contributed by atoms with Crippen molar-refractivity contribution in [3.8, 4) is 0 Å². The minimum atomic E-state index is 0.448. The van der Waals surface area contributed by atoms with E-state index in [1.54, 1.807) is 0 Å². The maximum atomic E-state index is 3.71. The molecule has 0 amide bonds. The first-order chi connectivity index (χ1) is 10.4.